The number of hydrogen-bond acceptors (Lipinski definition) is 5. The highest BCUT2D eigenvalue weighted by molar-refractivity contribution is 7.92. The van der Waals surface area contributed by atoms with E-state index in [1.807, 2.05) is 0 Å². The standard InChI is InChI=1S/C11H11ClN4O2S/c1-7-8(4-5-10(12)15-7)16-19(17,18)9-3-2-6-14-11(9)13/h2-6,16H,1H3,(H2,13,14). The van der Waals surface area contributed by atoms with Crippen molar-refractivity contribution in [3.8, 4) is 0 Å². The van der Waals surface area contributed by atoms with Gasteiger partial charge in [0.2, 0.25) is 0 Å². The zero-order valence-corrected chi connectivity index (χ0v) is 11.5. The summed E-state index contributed by atoms with van der Waals surface area (Å²) in [5.74, 6) is -0.0606. The Balaban J connectivity index is 2.40. The third-order valence-corrected chi connectivity index (χ3v) is 4.01. The van der Waals surface area contributed by atoms with Gasteiger partial charge in [-0.25, -0.2) is 18.4 Å². The Bertz CT molecular complexity index is 718. The van der Waals surface area contributed by atoms with Gasteiger partial charge in [0.25, 0.3) is 10.0 Å². The van der Waals surface area contributed by atoms with Crippen LogP contribution in [0.3, 0.4) is 0 Å². The molecule has 0 aliphatic rings. The first-order chi connectivity index (χ1) is 8.90. The molecule has 6 nitrogen and oxygen atoms in total. The van der Waals surface area contributed by atoms with Crippen LogP contribution in [0.1, 0.15) is 5.69 Å². The molecule has 0 amide bonds. The lowest BCUT2D eigenvalue weighted by atomic mass is 10.3. The number of hydrogen-bond donors (Lipinski definition) is 2. The number of anilines is 2. The SMILES string of the molecule is Cc1nc(Cl)ccc1NS(=O)(=O)c1cccnc1N. The Labute approximate surface area is 115 Å². The largest absolute Gasteiger partial charge is 0.383 e. The van der Waals surface area contributed by atoms with E-state index in [0.717, 1.165) is 0 Å². The van der Waals surface area contributed by atoms with Crippen LogP contribution in [0.25, 0.3) is 0 Å². The Hall–Kier alpha value is -1.86. The van der Waals surface area contributed by atoms with Crippen LogP contribution in [-0.4, -0.2) is 18.4 Å². The molecule has 8 heteroatoms. The molecule has 0 radical (unpaired) electrons. The van der Waals surface area contributed by atoms with Gasteiger partial charge in [0.05, 0.1) is 11.4 Å². The number of nitrogen functional groups attached to an aromatic ring is 1. The monoisotopic (exact) mass is 298 g/mol. The van der Waals surface area contributed by atoms with Crippen molar-refractivity contribution in [3.05, 3.63) is 41.3 Å². The highest BCUT2D eigenvalue weighted by Gasteiger charge is 2.19. The van der Waals surface area contributed by atoms with E-state index in [0.29, 0.717) is 16.5 Å². The lowest BCUT2D eigenvalue weighted by Gasteiger charge is -2.11. The summed E-state index contributed by atoms with van der Waals surface area (Å²) >= 11 is 5.71. The van der Waals surface area contributed by atoms with E-state index >= 15 is 0 Å². The predicted octanol–water partition coefficient (Wildman–Crippen LogP) is 1.82. The molecule has 3 N–H and O–H groups in total. The Morgan fingerprint density at radius 2 is 2.05 bits per heavy atom. The first-order valence-electron chi connectivity index (χ1n) is 5.26. The maximum Gasteiger partial charge on any atom is 0.265 e. The van der Waals surface area contributed by atoms with E-state index in [1.165, 1.54) is 30.5 Å². The highest BCUT2D eigenvalue weighted by Crippen LogP contribution is 2.22. The molecule has 0 saturated carbocycles. The van der Waals surface area contributed by atoms with Gasteiger partial charge < -0.3 is 5.73 Å². The van der Waals surface area contributed by atoms with Gasteiger partial charge in [0.1, 0.15) is 15.9 Å². The second kappa shape index (κ2) is 5.02. The van der Waals surface area contributed by atoms with Crippen molar-refractivity contribution < 1.29 is 8.42 Å². The summed E-state index contributed by atoms with van der Waals surface area (Å²) in [5, 5.41) is 0.293. The summed E-state index contributed by atoms with van der Waals surface area (Å²) in [6, 6.07) is 5.91. The molecule has 2 aromatic rings. The van der Waals surface area contributed by atoms with Gasteiger partial charge >= 0.3 is 0 Å². The van der Waals surface area contributed by atoms with Crippen molar-refractivity contribution in [1.29, 1.82) is 0 Å². The van der Waals surface area contributed by atoms with Crippen molar-refractivity contribution in [2.24, 2.45) is 0 Å². The molecular weight excluding hydrogens is 288 g/mol. The number of sulfonamides is 1. The molecule has 0 fully saturated rings. The summed E-state index contributed by atoms with van der Waals surface area (Å²) < 4.78 is 26.7. The molecule has 0 aliphatic heterocycles. The topological polar surface area (TPSA) is 98.0 Å². The van der Waals surface area contributed by atoms with Crippen LogP contribution in [0.15, 0.2) is 35.4 Å². The minimum atomic E-state index is -3.80. The van der Waals surface area contributed by atoms with Crippen LogP contribution in [0.5, 0.6) is 0 Å². The van der Waals surface area contributed by atoms with Crippen molar-refractivity contribution in [2.75, 3.05) is 10.5 Å². The fourth-order valence-electron chi connectivity index (χ4n) is 1.47. The third-order valence-electron chi connectivity index (χ3n) is 2.39. The predicted molar refractivity (Wildman–Crippen MR) is 73.4 cm³/mol. The first-order valence-corrected chi connectivity index (χ1v) is 7.13. The average Bonchev–Trinajstić information content (AvgIpc) is 2.33. The van der Waals surface area contributed by atoms with Crippen molar-refractivity contribution >= 4 is 33.1 Å². The number of aryl methyl sites for hydroxylation is 1. The minimum Gasteiger partial charge on any atom is -0.383 e. The molecular formula is C11H11ClN4O2S. The molecule has 0 aromatic carbocycles. The summed E-state index contributed by atoms with van der Waals surface area (Å²) in [6.45, 7) is 1.65. The van der Waals surface area contributed by atoms with Crippen LogP contribution < -0.4 is 10.5 Å². The van der Waals surface area contributed by atoms with E-state index in [4.69, 9.17) is 17.3 Å². The molecule has 0 unspecified atom stereocenters. The molecule has 2 aromatic heterocycles. The van der Waals surface area contributed by atoms with Crippen molar-refractivity contribution in [3.63, 3.8) is 0 Å². The summed E-state index contributed by atoms with van der Waals surface area (Å²) in [6.07, 6.45) is 1.42. The number of aromatic nitrogens is 2. The van der Waals surface area contributed by atoms with E-state index in [-0.39, 0.29) is 10.7 Å². The van der Waals surface area contributed by atoms with E-state index < -0.39 is 10.0 Å². The lowest BCUT2D eigenvalue weighted by molar-refractivity contribution is 0.601. The Kier molecular flexibility index (Phi) is 3.59. The van der Waals surface area contributed by atoms with Crippen molar-refractivity contribution in [1.82, 2.24) is 9.97 Å². The summed E-state index contributed by atoms with van der Waals surface area (Å²) in [7, 11) is -3.80. The zero-order valence-electron chi connectivity index (χ0n) is 9.96. The quantitative estimate of drug-likeness (QED) is 0.842. The van der Waals surface area contributed by atoms with Gasteiger partial charge in [-0.15, -0.1) is 0 Å². The maximum atomic E-state index is 12.2. The third kappa shape index (κ3) is 2.94. The number of halogens is 1. The normalized spacial score (nSPS) is 11.3. The van der Waals surface area contributed by atoms with Gasteiger partial charge in [0.15, 0.2) is 0 Å². The fourth-order valence-corrected chi connectivity index (χ4v) is 2.86. The average molecular weight is 299 g/mol. The number of nitrogens with one attached hydrogen (secondary N) is 1. The van der Waals surface area contributed by atoms with E-state index in [9.17, 15) is 8.42 Å². The molecule has 0 bridgehead atoms. The van der Waals surface area contributed by atoms with Gasteiger partial charge in [-0.2, -0.15) is 0 Å². The number of rotatable bonds is 3. The molecule has 2 rings (SSSR count). The zero-order chi connectivity index (χ0) is 14.0. The van der Waals surface area contributed by atoms with Gasteiger partial charge in [-0.1, -0.05) is 11.6 Å². The number of pyridine rings is 2. The van der Waals surface area contributed by atoms with E-state index in [1.54, 1.807) is 6.92 Å². The molecule has 19 heavy (non-hydrogen) atoms. The Morgan fingerprint density at radius 1 is 1.32 bits per heavy atom. The van der Waals surface area contributed by atoms with Crippen LogP contribution in [-0.2, 0) is 10.0 Å². The summed E-state index contributed by atoms with van der Waals surface area (Å²) in [5.41, 5.74) is 6.37. The minimum absolute atomic E-state index is 0.0606. The molecule has 0 saturated heterocycles. The van der Waals surface area contributed by atoms with E-state index in [2.05, 4.69) is 14.7 Å². The lowest BCUT2D eigenvalue weighted by Crippen LogP contribution is -2.16. The molecule has 0 atom stereocenters. The molecule has 0 aliphatic carbocycles. The fraction of sp³-hybridized carbons (Fsp3) is 0.0909. The maximum absolute atomic E-state index is 12.2. The smallest absolute Gasteiger partial charge is 0.265 e. The van der Waals surface area contributed by atoms with Crippen LogP contribution in [0.2, 0.25) is 5.15 Å². The van der Waals surface area contributed by atoms with Gasteiger partial charge in [-0.05, 0) is 31.2 Å². The molecule has 2 heterocycles. The van der Waals surface area contributed by atoms with Crippen LogP contribution >= 0.6 is 11.6 Å². The second-order valence-corrected chi connectivity index (χ2v) is 5.80. The van der Waals surface area contributed by atoms with Gasteiger partial charge in [-0.3, -0.25) is 4.72 Å². The number of nitrogens with two attached hydrogens (primary N) is 1. The molecule has 0 spiro atoms. The van der Waals surface area contributed by atoms with Crippen molar-refractivity contribution in [2.45, 2.75) is 11.8 Å². The molecule has 100 valence electrons. The van der Waals surface area contributed by atoms with Crippen LogP contribution in [0, 0.1) is 6.92 Å². The number of nitrogens with zero attached hydrogens (tertiary/aromatic N) is 2. The first kappa shape index (κ1) is 13.6. The van der Waals surface area contributed by atoms with Gasteiger partial charge in [0, 0.05) is 6.20 Å². The second-order valence-electron chi connectivity index (χ2n) is 3.76. The van der Waals surface area contributed by atoms with Crippen LogP contribution in [0.4, 0.5) is 11.5 Å². The summed E-state index contributed by atoms with van der Waals surface area (Å²) in [4.78, 5) is 7.63. The Morgan fingerprint density at radius 3 is 2.68 bits per heavy atom. The highest BCUT2D eigenvalue weighted by atomic mass is 35.5.